The third-order valence-corrected chi connectivity index (χ3v) is 3.95. The van der Waals surface area contributed by atoms with E-state index < -0.39 is 5.60 Å². The van der Waals surface area contributed by atoms with E-state index in [1.807, 2.05) is 31.7 Å². The molecule has 1 aliphatic rings. The number of likely N-dealkylation sites (tertiary alicyclic amines) is 1. The number of nitrogens with zero attached hydrogens (tertiary/aromatic N) is 2. The lowest BCUT2D eigenvalue weighted by Gasteiger charge is -2.38. The molecule has 0 radical (unpaired) electrons. The lowest BCUT2D eigenvalue weighted by atomic mass is 10.0. The molecular weight excluding hydrogens is 276 g/mol. The van der Waals surface area contributed by atoms with Crippen LogP contribution in [-0.2, 0) is 11.3 Å². The molecule has 1 atom stereocenters. The Morgan fingerprint density at radius 1 is 1.32 bits per heavy atom. The van der Waals surface area contributed by atoms with Gasteiger partial charge in [0, 0.05) is 25.7 Å². The molecule has 2 rings (SSSR count). The largest absolute Gasteiger partial charge is 0.444 e. The molecule has 1 unspecified atom stereocenters. The Kier molecular flexibility index (Phi) is 5.46. The Morgan fingerprint density at radius 3 is 2.64 bits per heavy atom. The van der Waals surface area contributed by atoms with Crippen LogP contribution in [0.15, 0.2) is 30.3 Å². The fourth-order valence-corrected chi connectivity index (χ4v) is 2.81. The molecule has 1 fully saturated rings. The van der Waals surface area contributed by atoms with Crippen LogP contribution >= 0.6 is 0 Å². The molecule has 0 bridgehead atoms. The van der Waals surface area contributed by atoms with Crippen molar-refractivity contribution in [2.45, 2.75) is 51.8 Å². The Morgan fingerprint density at radius 2 is 2.00 bits per heavy atom. The van der Waals surface area contributed by atoms with E-state index in [9.17, 15) is 4.79 Å². The number of rotatable bonds is 3. The van der Waals surface area contributed by atoms with Crippen LogP contribution in [0, 0.1) is 0 Å². The lowest BCUT2D eigenvalue weighted by Crippen LogP contribution is -2.49. The average molecular weight is 304 g/mol. The van der Waals surface area contributed by atoms with Gasteiger partial charge in [-0.25, -0.2) is 4.79 Å². The van der Waals surface area contributed by atoms with E-state index in [-0.39, 0.29) is 6.09 Å². The van der Waals surface area contributed by atoms with E-state index in [2.05, 4.69) is 36.2 Å². The molecule has 4 nitrogen and oxygen atoms in total. The summed E-state index contributed by atoms with van der Waals surface area (Å²) in [6, 6.07) is 10.8. The monoisotopic (exact) mass is 304 g/mol. The molecule has 1 heterocycles. The topological polar surface area (TPSA) is 32.8 Å². The van der Waals surface area contributed by atoms with Crippen molar-refractivity contribution in [2.24, 2.45) is 0 Å². The number of ether oxygens (including phenoxy) is 1. The second-order valence-electron chi connectivity index (χ2n) is 7.12. The van der Waals surface area contributed by atoms with Crippen molar-refractivity contribution in [3.8, 4) is 0 Å². The van der Waals surface area contributed by atoms with Crippen LogP contribution < -0.4 is 0 Å². The van der Waals surface area contributed by atoms with Gasteiger partial charge in [0.25, 0.3) is 0 Å². The highest BCUT2D eigenvalue weighted by molar-refractivity contribution is 5.68. The highest BCUT2D eigenvalue weighted by Crippen LogP contribution is 2.19. The van der Waals surface area contributed by atoms with Crippen LogP contribution in [0.3, 0.4) is 0 Å². The maximum atomic E-state index is 12.2. The Balaban J connectivity index is 1.91. The third kappa shape index (κ3) is 5.02. The number of amides is 1. The quantitative estimate of drug-likeness (QED) is 0.856. The van der Waals surface area contributed by atoms with Gasteiger partial charge in [-0.15, -0.1) is 0 Å². The Bertz CT molecular complexity index is 482. The van der Waals surface area contributed by atoms with E-state index in [0.29, 0.717) is 6.04 Å². The molecule has 1 amide bonds. The molecule has 1 saturated heterocycles. The standard InChI is InChI=1S/C18H28N2O2/c1-18(2,3)22-17(21)20-12-8-11-16(14-20)19(4)13-15-9-6-5-7-10-15/h5-7,9-10,16H,8,11-14H2,1-4H3. The van der Waals surface area contributed by atoms with Crippen molar-refractivity contribution in [3.63, 3.8) is 0 Å². The van der Waals surface area contributed by atoms with Gasteiger partial charge in [0.05, 0.1) is 0 Å². The van der Waals surface area contributed by atoms with Crippen LogP contribution in [0.1, 0.15) is 39.2 Å². The van der Waals surface area contributed by atoms with Gasteiger partial charge in [-0.1, -0.05) is 30.3 Å². The number of carbonyl (C=O) groups is 1. The zero-order valence-corrected chi connectivity index (χ0v) is 14.2. The zero-order valence-electron chi connectivity index (χ0n) is 14.2. The molecule has 1 aliphatic heterocycles. The first-order chi connectivity index (χ1) is 10.3. The SMILES string of the molecule is CN(Cc1ccccc1)C1CCCN(C(=O)OC(C)(C)C)C1. The summed E-state index contributed by atoms with van der Waals surface area (Å²) in [4.78, 5) is 16.4. The highest BCUT2D eigenvalue weighted by Gasteiger charge is 2.29. The molecule has 0 aromatic heterocycles. The molecule has 0 spiro atoms. The first kappa shape index (κ1) is 16.8. The summed E-state index contributed by atoms with van der Waals surface area (Å²) in [5.74, 6) is 0. The Hall–Kier alpha value is -1.55. The molecule has 0 aliphatic carbocycles. The van der Waals surface area contributed by atoms with E-state index in [4.69, 9.17) is 4.74 Å². The van der Waals surface area contributed by atoms with Gasteiger partial charge in [0.2, 0.25) is 0 Å². The van der Waals surface area contributed by atoms with Crippen LogP contribution in [0.2, 0.25) is 0 Å². The molecule has 1 aromatic rings. The first-order valence-electron chi connectivity index (χ1n) is 8.07. The van der Waals surface area contributed by atoms with Gasteiger partial charge in [-0.3, -0.25) is 4.90 Å². The summed E-state index contributed by atoms with van der Waals surface area (Å²) in [6.45, 7) is 8.19. The molecule has 0 saturated carbocycles. The smallest absolute Gasteiger partial charge is 0.410 e. The van der Waals surface area contributed by atoms with Gasteiger partial charge in [-0.2, -0.15) is 0 Å². The maximum Gasteiger partial charge on any atom is 0.410 e. The average Bonchev–Trinajstić information content (AvgIpc) is 2.46. The number of hydrogen-bond donors (Lipinski definition) is 0. The van der Waals surface area contributed by atoms with Crippen molar-refractivity contribution < 1.29 is 9.53 Å². The summed E-state index contributed by atoms with van der Waals surface area (Å²) in [5, 5.41) is 0. The van der Waals surface area contributed by atoms with Crippen molar-refractivity contribution in [3.05, 3.63) is 35.9 Å². The van der Waals surface area contributed by atoms with Gasteiger partial charge < -0.3 is 9.64 Å². The predicted octanol–water partition coefficient (Wildman–Crippen LogP) is 3.52. The first-order valence-corrected chi connectivity index (χ1v) is 8.07. The highest BCUT2D eigenvalue weighted by atomic mass is 16.6. The van der Waals surface area contributed by atoms with Crippen LogP contribution in [0.4, 0.5) is 4.79 Å². The van der Waals surface area contributed by atoms with E-state index in [1.54, 1.807) is 0 Å². The molecule has 0 N–H and O–H groups in total. The van der Waals surface area contributed by atoms with E-state index in [0.717, 1.165) is 32.5 Å². The molecule has 22 heavy (non-hydrogen) atoms. The molecule has 4 heteroatoms. The van der Waals surface area contributed by atoms with Crippen molar-refractivity contribution >= 4 is 6.09 Å². The molecular formula is C18H28N2O2. The van der Waals surface area contributed by atoms with Crippen LogP contribution in [-0.4, -0.2) is 47.7 Å². The Labute approximate surface area is 134 Å². The van der Waals surface area contributed by atoms with E-state index >= 15 is 0 Å². The van der Waals surface area contributed by atoms with Crippen molar-refractivity contribution in [1.29, 1.82) is 0 Å². The second-order valence-corrected chi connectivity index (χ2v) is 7.12. The summed E-state index contributed by atoms with van der Waals surface area (Å²) >= 11 is 0. The van der Waals surface area contributed by atoms with Gasteiger partial charge in [0.15, 0.2) is 0 Å². The van der Waals surface area contributed by atoms with Gasteiger partial charge >= 0.3 is 6.09 Å². The van der Waals surface area contributed by atoms with Gasteiger partial charge in [-0.05, 0) is 46.2 Å². The van der Waals surface area contributed by atoms with Crippen molar-refractivity contribution in [2.75, 3.05) is 20.1 Å². The lowest BCUT2D eigenvalue weighted by molar-refractivity contribution is 0.0121. The third-order valence-electron chi connectivity index (χ3n) is 3.95. The fraction of sp³-hybridized carbons (Fsp3) is 0.611. The minimum absolute atomic E-state index is 0.190. The van der Waals surface area contributed by atoms with Crippen LogP contribution in [0.5, 0.6) is 0 Å². The summed E-state index contributed by atoms with van der Waals surface area (Å²) < 4.78 is 5.49. The van der Waals surface area contributed by atoms with Crippen LogP contribution in [0.25, 0.3) is 0 Å². The number of likely N-dealkylation sites (N-methyl/N-ethyl adjacent to an activating group) is 1. The summed E-state index contributed by atoms with van der Waals surface area (Å²) in [7, 11) is 2.14. The maximum absolute atomic E-state index is 12.2. The second kappa shape index (κ2) is 7.14. The summed E-state index contributed by atoms with van der Waals surface area (Å²) in [5.41, 5.74) is 0.874. The normalized spacial score (nSPS) is 19.3. The number of hydrogen-bond acceptors (Lipinski definition) is 3. The number of benzene rings is 1. The fourth-order valence-electron chi connectivity index (χ4n) is 2.81. The van der Waals surface area contributed by atoms with E-state index in [1.165, 1.54) is 5.56 Å². The number of piperidine rings is 1. The minimum atomic E-state index is -0.431. The van der Waals surface area contributed by atoms with Gasteiger partial charge in [0.1, 0.15) is 5.60 Å². The molecule has 1 aromatic carbocycles. The van der Waals surface area contributed by atoms with Crippen molar-refractivity contribution in [1.82, 2.24) is 9.80 Å². The minimum Gasteiger partial charge on any atom is -0.444 e. The zero-order chi connectivity index (χ0) is 16.2. The predicted molar refractivity (Wildman–Crippen MR) is 88.7 cm³/mol. The summed E-state index contributed by atoms with van der Waals surface area (Å²) in [6.07, 6.45) is 1.97. The molecule has 122 valence electrons. The number of carbonyl (C=O) groups excluding carboxylic acids is 1.